The van der Waals surface area contributed by atoms with Crippen LogP contribution in [-0.4, -0.2) is 56.6 Å². The number of rotatable bonds is 9. The summed E-state index contributed by atoms with van der Waals surface area (Å²) in [6.07, 6.45) is 5.09. The first kappa shape index (κ1) is 23.4. The Hall–Kier alpha value is -0.900. The maximum atomic E-state index is 11.0. The number of fused-ring (bicyclic) bond motifs is 1. The summed E-state index contributed by atoms with van der Waals surface area (Å²) in [6, 6.07) is 8.12. The summed E-state index contributed by atoms with van der Waals surface area (Å²) in [6.45, 7) is 6.26. The molecular weight excluding hydrogens is 469 g/mol. The molecule has 1 fully saturated rings. The molecule has 0 amide bonds. The summed E-state index contributed by atoms with van der Waals surface area (Å²) in [4.78, 5) is 4.63. The first-order valence-corrected chi connectivity index (χ1v) is 10.2. The van der Waals surface area contributed by atoms with Crippen LogP contribution >= 0.6 is 24.0 Å². The SMILES string of the molecule is CCNC(=NCC1(O)CCc2ccccc21)NCCCOCC1CCCO1.I. The van der Waals surface area contributed by atoms with E-state index < -0.39 is 5.60 Å². The molecule has 2 aliphatic rings. The molecule has 1 aromatic carbocycles. The van der Waals surface area contributed by atoms with Gasteiger partial charge in [-0.3, -0.25) is 0 Å². The van der Waals surface area contributed by atoms with Gasteiger partial charge >= 0.3 is 0 Å². The number of ether oxygens (including phenoxy) is 2. The van der Waals surface area contributed by atoms with E-state index in [1.165, 1.54) is 5.56 Å². The topological polar surface area (TPSA) is 75.1 Å². The lowest BCUT2D eigenvalue weighted by Crippen LogP contribution is -2.39. The number of aryl methyl sites for hydroxylation is 1. The average molecular weight is 503 g/mol. The number of nitrogens with zero attached hydrogens (tertiary/aromatic N) is 1. The quantitative estimate of drug-likeness (QED) is 0.209. The molecule has 28 heavy (non-hydrogen) atoms. The number of hydrogen-bond acceptors (Lipinski definition) is 4. The van der Waals surface area contributed by atoms with E-state index in [2.05, 4.69) is 21.7 Å². The van der Waals surface area contributed by atoms with Gasteiger partial charge in [0, 0.05) is 26.3 Å². The monoisotopic (exact) mass is 503 g/mol. The first-order chi connectivity index (χ1) is 13.2. The van der Waals surface area contributed by atoms with Crippen LogP contribution in [0.5, 0.6) is 0 Å². The van der Waals surface area contributed by atoms with E-state index in [1.807, 2.05) is 25.1 Å². The zero-order chi connectivity index (χ0) is 19.0. The van der Waals surface area contributed by atoms with Crippen molar-refractivity contribution < 1.29 is 14.6 Å². The third-order valence-electron chi connectivity index (χ3n) is 5.26. The number of hydrogen-bond donors (Lipinski definition) is 3. The van der Waals surface area contributed by atoms with Crippen LogP contribution in [0.4, 0.5) is 0 Å². The van der Waals surface area contributed by atoms with Gasteiger partial charge in [-0.15, -0.1) is 24.0 Å². The van der Waals surface area contributed by atoms with E-state index in [0.29, 0.717) is 19.8 Å². The zero-order valence-electron chi connectivity index (χ0n) is 16.8. The number of guanidine groups is 1. The minimum absolute atomic E-state index is 0. The van der Waals surface area contributed by atoms with Crippen molar-refractivity contribution in [3.8, 4) is 0 Å². The standard InChI is InChI=1S/C21H33N3O3.HI/c1-2-22-20(23-12-6-13-26-15-18-8-5-14-27-18)24-16-21(25)11-10-17-7-3-4-9-19(17)21;/h3-4,7,9,18,25H,2,5-6,8,10-16H2,1H3,(H2,22,23,24);1H. The molecule has 1 aliphatic heterocycles. The van der Waals surface area contributed by atoms with Gasteiger partial charge in [-0.2, -0.15) is 0 Å². The minimum Gasteiger partial charge on any atom is -0.383 e. The second-order valence-electron chi connectivity index (χ2n) is 7.37. The summed E-state index contributed by atoms with van der Waals surface area (Å²) in [7, 11) is 0. The molecular formula is C21H34IN3O3. The van der Waals surface area contributed by atoms with Crippen LogP contribution < -0.4 is 10.6 Å². The molecule has 0 bridgehead atoms. The van der Waals surface area contributed by atoms with E-state index >= 15 is 0 Å². The molecule has 0 aromatic heterocycles. The largest absolute Gasteiger partial charge is 0.383 e. The third kappa shape index (κ3) is 6.57. The van der Waals surface area contributed by atoms with Gasteiger partial charge < -0.3 is 25.2 Å². The van der Waals surface area contributed by atoms with Crippen molar-refractivity contribution in [2.45, 2.75) is 50.7 Å². The van der Waals surface area contributed by atoms with Gasteiger partial charge in [-0.25, -0.2) is 4.99 Å². The predicted octanol–water partition coefficient (Wildman–Crippen LogP) is 2.58. The summed E-state index contributed by atoms with van der Waals surface area (Å²) in [5, 5.41) is 17.6. The molecule has 2 atom stereocenters. The van der Waals surface area contributed by atoms with Crippen molar-refractivity contribution >= 4 is 29.9 Å². The third-order valence-corrected chi connectivity index (χ3v) is 5.26. The van der Waals surface area contributed by atoms with E-state index in [0.717, 1.165) is 63.3 Å². The highest BCUT2D eigenvalue weighted by Gasteiger charge is 2.36. The molecule has 0 radical (unpaired) electrons. The highest BCUT2D eigenvalue weighted by atomic mass is 127. The van der Waals surface area contributed by atoms with Gasteiger partial charge in [0.2, 0.25) is 0 Å². The highest BCUT2D eigenvalue weighted by Crippen LogP contribution is 2.36. The minimum atomic E-state index is -0.858. The van der Waals surface area contributed by atoms with Crippen LogP contribution in [0.1, 0.15) is 43.7 Å². The molecule has 158 valence electrons. The lowest BCUT2D eigenvalue weighted by molar-refractivity contribution is 0.0168. The summed E-state index contributed by atoms with van der Waals surface area (Å²) in [5.74, 6) is 0.745. The number of aliphatic imine (C=N–C) groups is 1. The predicted molar refractivity (Wildman–Crippen MR) is 122 cm³/mol. The van der Waals surface area contributed by atoms with Crippen LogP contribution in [-0.2, 0) is 21.5 Å². The van der Waals surface area contributed by atoms with E-state index in [4.69, 9.17) is 9.47 Å². The van der Waals surface area contributed by atoms with E-state index in [1.54, 1.807) is 0 Å². The first-order valence-electron chi connectivity index (χ1n) is 10.2. The maximum Gasteiger partial charge on any atom is 0.191 e. The normalized spacial score (nSPS) is 23.9. The highest BCUT2D eigenvalue weighted by molar-refractivity contribution is 14.0. The van der Waals surface area contributed by atoms with Crippen LogP contribution in [0.15, 0.2) is 29.3 Å². The fourth-order valence-corrected chi connectivity index (χ4v) is 3.76. The molecule has 3 N–H and O–H groups in total. The molecule has 1 heterocycles. The fraction of sp³-hybridized carbons (Fsp3) is 0.667. The number of nitrogens with one attached hydrogen (secondary N) is 2. The molecule has 1 aromatic rings. The van der Waals surface area contributed by atoms with Gasteiger partial charge in [0.15, 0.2) is 5.96 Å². The number of halogens is 1. The Balaban J connectivity index is 0.00000280. The molecule has 2 unspecified atom stereocenters. The Morgan fingerprint density at radius 3 is 3.00 bits per heavy atom. The molecule has 6 nitrogen and oxygen atoms in total. The Morgan fingerprint density at radius 2 is 2.21 bits per heavy atom. The Labute approximate surface area is 185 Å². The molecule has 7 heteroatoms. The average Bonchev–Trinajstić information content (AvgIpc) is 3.31. The van der Waals surface area contributed by atoms with Gasteiger partial charge in [0.05, 0.1) is 19.3 Å². The van der Waals surface area contributed by atoms with Gasteiger partial charge in [-0.05, 0) is 50.2 Å². The zero-order valence-corrected chi connectivity index (χ0v) is 19.1. The van der Waals surface area contributed by atoms with Gasteiger partial charge in [0.25, 0.3) is 0 Å². The lowest BCUT2D eigenvalue weighted by atomic mass is 9.96. The smallest absolute Gasteiger partial charge is 0.191 e. The van der Waals surface area contributed by atoms with Crippen molar-refractivity contribution in [1.29, 1.82) is 0 Å². The van der Waals surface area contributed by atoms with Crippen LogP contribution in [0.3, 0.4) is 0 Å². The van der Waals surface area contributed by atoms with Gasteiger partial charge in [0.1, 0.15) is 5.60 Å². The van der Waals surface area contributed by atoms with Crippen LogP contribution in [0.2, 0.25) is 0 Å². The molecule has 0 spiro atoms. The molecule has 3 rings (SSSR count). The van der Waals surface area contributed by atoms with Crippen molar-refractivity contribution in [1.82, 2.24) is 10.6 Å². The van der Waals surface area contributed by atoms with E-state index in [9.17, 15) is 5.11 Å². The summed E-state index contributed by atoms with van der Waals surface area (Å²) >= 11 is 0. The van der Waals surface area contributed by atoms with Crippen molar-refractivity contribution in [2.75, 3.05) is 39.5 Å². The second kappa shape index (κ2) is 11.9. The summed E-state index contributed by atoms with van der Waals surface area (Å²) in [5.41, 5.74) is 1.40. The number of aliphatic hydroxyl groups is 1. The molecule has 0 saturated carbocycles. The van der Waals surface area contributed by atoms with Crippen LogP contribution in [0.25, 0.3) is 0 Å². The Kier molecular flexibility index (Phi) is 9.98. The Bertz CT molecular complexity index is 623. The fourth-order valence-electron chi connectivity index (χ4n) is 3.76. The molecule has 1 saturated heterocycles. The van der Waals surface area contributed by atoms with Gasteiger partial charge in [-0.1, -0.05) is 24.3 Å². The summed E-state index contributed by atoms with van der Waals surface area (Å²) < 4.78 is 11.2. The maximum absolute atomic E-state index is 11.0. The van der Waals surface area contributed by atoms with E-state index in [-0.39, 0.29) is 30.1 Å². The van der Waals surface area contributed by atoms with Crippen molar-refractivity contribution in [3.63, 3.8) is 0 Å². The molecule has 1 aliphatic carbocycles. The van der Waals surface area contributed by atoms with Crippen LogP contribution in [0, 0.1) is 0 Å². The Morgan fingerprint density at radius 1 is 1.36 bits per heavy atom. The van der Waals surface area contributed by atoms with Crippen molar-refractivity contribution in [3.05, 3.63) is 35.4 Å². The lowest BCUT2D eigenvalue weighted by Gasteiger charge is -2.22. The second-order valence-corrected chi connectivity index (χ2v) is 7.37. The van der Waals surface area contributed by atoms with Crippen molar-refractivity contribution in [2.24, 2.45) is 4.99 Å². The number of benzene rings is 1.